The first kappa shape index (κ1) is 22.6. The molecule has 0 amide bonds. The Morgan fingerprint density at radius 1 is 0.564 bits per heavy atom. The van der Waals surface area contributed by atoms with Gasteiger partial charge in [0.15, 0.2) is 0 Å². The Kier molecular flexibility index (Phi) is 5.42. The van der Waals surface area contributed by atoms with Crippen LogP contribution in [0.5, 0.6) is 0 Å². The van der Waals surface area contributed by atoms with Crippen molar-refractivity contribution < 1.29 is 4.42 Å². The van der Waals surface area contributed by atoms with E-state index in [-0.39, 0.29) is 0 Å². The number of nitriles is 1. The maximum Gasteiger partial charge on any atom is 0.136 e. The lowest BCUT2D eigenvalue weighted by Gasteiger charge is -2.10. The fourth-order valence-corrected chi connectivity index (χ4v) is 4.99. The third-order valence-electron chi connectivity index (χ3n) is 6.81. The molecule has 0 aliphatic rings. The smallest absolute Gasteiger partial charge is 0.136 e. The average Bonchev–Trinajstić information content (AvgIpc) is 3.40. The topological polar surface area (TPSA) is 75.6 Å². The number of benzene rings is 3. The summed E-state index contributed by atoms with van der Waals surface area (Å²) in [5.41, 5.74) is 9.43. The van der Waals surface area contributed by atoms with Crippen molar-refractivity contribution in [3.63, 3.8) is 0 Å². The van der Waals surface area contributed by atoms with Gasteiger partial charge in [0.25, 0.3) is 0 Å². The standard InChI is InChI=1S/C34H20N4O/c35-21-22-7-5-8-24(17-22)26-9-6-12-33-34(26)27-18-23(13-14-32(27)39-33)25-19-30(28-10-1-3-15-36-28)38-31(20-25)29-11-2-4-16-37-29/h1-20H. The van der Waals surface area contributed by atoms with Gasteiger partial charge in [-0.2, -0.15) is 5.26 Å². The molecule has 0 saturated carbocycles. The van der Waals surface area contributed by atoms with Crippen LogP contribution in [-0.2, 0) is 0 Å². The Hall–Kier alpha value is -5.60. The Morgan fingerprint density at radius 2 is 1.31 bits per heavy atom. The quantitative estimate of drug-likeness (QED) is 0.243. The van der Waals surface area contributed by atoms with Gasteiger partial charge in [0.1, 0.15) is 11.2 Å². The number of pyridine rings is 3. The molecular formula is C34H20N4O. The van der Waals surface area contributed by atoms with Gasteiger partial charge in [0.2, 0.25) is 0 Å². The summed E-state index contributed by atoms with van der Waals surface area (Å²) >= 11 is 0. The first-order chi connectivity index (χ1) is 19.3. The fourth-order valence-electron chi connectivity index (χ4n) is 4.99. The molecule has 0 fully saturated rings. The van der Waals surface area contributed by atoms with E-state index in [2.05, 4.69) is 46.4 Å². The Morgan fingerprint density at radius 3 is 2.00 bits per heavy atom. The highest BCUT2D eigenvalue weighted by atomic mass is 16.3. The van der Waals surface area contributed by atoms with Crippen LogP contribution in [0.3, 0.4) is 0 Å². The molecule has 0 aliphatic heterocycles. The highest BCUT2D eigenvalue weighted by Crippen LogP contribution is 2.39. The molecule has 0 spiro atoms. The molecule has 4 heterocycles. The van der Waals surface area contributed by atoms with E-state index < -0.39 is 0 Å². The molecule has 0 radical (unpaired) electrons. The number of aromatic nitrogens is 3. The maximum atomic E-state index is 9.44. The first-order valence-corrected chi connectivity index (χ1v) is 12.6. The molecule has 3 aromatic carbocycles. The lowest BCUT2D eigenvalue weighted by molar-refractivity contribution is 0.669. The SMILES string of the molecule is N#Cc1cccc(-c2cccc3oc4ccc(-c5cc(-c6ccccn6)nc(-c6ccccn6)c5)cc4c23)c1. The summed E-state index contributed by atoms with van der Waals surface area (Å²) in [5.74, 6) is 0. The molecule has 5 heteroatoms. The van der Waals surface area contributed by atoms with Crippen LogP contribution in [0.2, 0.25) is 0 Å². The molecule has 0 N–H and O–H groups in total. The van der Waals surface area contributed by atoms with Crippen LogP contribution >= 0.6 is 0 Å². The summed E-state index contributed by atoms with van der Waals surface area (Å²) < 4.78 is 6.25. The Balaban J connectivity index is 1.45. The minimum absolute atomic E-state index is 0.624. The summed E-state index contributed by atoms with van der Waals surface area (Å²) in [6.07, 6.45) is 3.55. The van der Waals surface area contributed by atoms with Crippen LogP contribution in [0.1, 0.15) is 5.56 Å². The van der Waals surface area contributed by atoms with Crippen molar-refractivity contribution in [2.45, 2.75) is 0 Å². The van der Waals surface area contributed by atoms with E-state index in [1.165, 1.54) is 0 Å². The van der Waals surface area contributed by atoms with Crippen molar-refractivity contribution in [2.24, 2.45) is 0 Å². The third kappa shape index (κ3) is 4.11. The van der Waals surface area contributed by atoms with Crippen molar-refractivity contribution in [1.82, 2.24) is 15.0 Å². The van der Waals surface area contributed by atoms with E-state index in [1.807, 2.05) is 78.9 Å². The van der Waals surface area contributed by atoms with Gasteiger partial charge in [-0.05, 0) is 89.0 Å². The molecule has 0 bridgehead atoms. The predicted octanol–water partition coefficient (Wildman–Crippen LogP) is 8.31. The number of fused-ring (bicyclic) bond motifs is 3. The van der Waals surface area contributed by atoms with Crippen LogP contribution in [0.15, 0.2) is 126 Å². The van der Waals surface area contributed by atoms with Crippen LogP contribution in [0.4, 0.5) is 0 Å². The van der Waals surface area contributed by atoms with E-state index >= 15 is 0 Å². The average molecular weight is 501 g/mol. The highest BCUT2D eigenvalue weighted by Gasteiger charge is 2.15. The molecule has 182 valence electrons. The zero-order valence-corrected chi connectivity index (χ0v) is 20.7. The maximum absolute atomic E-state index is 9.44. The molecule has 39 heavy (non-hydrogen) atoms. The Bertz CT molecular complexity index is 1960. The third-order valence-corrected chi connectivity index (χ3v) is 6.81. The molecule has 4 aromatic heterocycles. The summed E-state index contributed by atoms with van der Waals surface area (Å²) in [5, 5.41) is 11.5. The van der Waals surface area contributed by atoms with Gasteiger partial charge >= 0.3 is 0 Å². The van der Waals surface area contributed by atoms with Crippen molar-refractivity contribution in [3.8, 4) is 51.1 Å². The summed E-state index contributed by atoms with van der Waals surface area (Å²) in [4.78, 5) is 14.0. The van der Waals surface area contributed by atoms with Gasteiger partial charge in [-0.15, -0.1) is 0 Å². The number of furan rings is 1. The zero-order valence-electron chi connectivity index (χ0n) is 20.7. The van der Waals surface area contributed by atoms with Crippen molar-refractivity contribution >= 4 is 21.9 Å². The van der Waals surface area contributed by atoms with E-state index in [1.54, 1.807) is 12.4 Å². The summed E-state index contributed by atoms with van der Waals surface area (Å²) in [6.45, 7) is 0. The minimum Gasteiger partial charge on any atom is -0.456 e. The molecule has 0 aliphatic carbocycles. The van der Waals surface area contributed by atoms with Gasteiger partial charge in [-0.1, -0.05) is 42.5 Å². The highest BCUT2D eigenvalue weighted by molar-refractivity contribution is 6.13. The number of hydrogen-bond acceptors (Lipinski definition) is 5. The van der Waals surface area contributed by atoms with Crippen molar-refractivity contribution in [1.29, 1.82) is 5.26 Å². The second-order valence-corrected chi connectivity index (χ2v) is 9.24. The predicted molar refractivity (Wildman–Crippen MR) is 154 cm³/mol. The van der Waals surface area contributed by atoms with Gasteiger partial charge in [0, 0.05) is 23.2 Å². The lowest BCUT2D eigenvalue weighted by atomic mass is 9.96. The minimum atomic E-state index is 0.624. The molecular weight excluding hydrogens is 480 g/mol. The van der Waals surface area contributed by atoms with E-state index in [9.17, 15) is 5.26 Å². The van der Waals surface area contributed by atoms with E-state index in [0.29, 0.717) is 5.56 Å². The van der Waals surface area contributed by atoms with Gasteiger partial charge in [-0.3, -0.25) is 9.97 Å². The summed E-state index contributed by atoms with van der Waals surface area (Å²) in [6, 6.07) is 38.0. The lowest BCUT2D eigenvalue weighted by Crippen LogP contribution is -1.93. The van der Waals surface area contributed by atoms with Gasteiger partial charge < -0.3 is 4.42 Å². The Labute approximate surface area is 224 Å². The van der Waals surface area contributed by atoms with Crippen LogP contribution in [0.25, 0.3) is 67.0 Å². The van der Waals surface area contributed by atoms with Crippen LogP contribution < -0.4 is 0 Å². The second kappa shape index (κ2) is 9.37. The van der Waals surface area contributed by atoms with Gasteiger partial charge in [0.05, 0.1) is 34.4 Å². The largest absolute Gasteiger partial charge is 0.456 e. The number of rotatable bonds is 4. The van der Waals surface area contributed by atoms with E-state index in [4.69, 9.17) is 9.40 Å². The second-order valence-electron chi connectivity index (χ2n) is 9.24. The number of hydrogen-bond donors (Lipinski definition) is 0. The van der Waals surface area contributed by atoms with Gasteiger partial charge in [-0.25, -0.2) is 4.98 Å². The van der Waals surface area contributed by atoms with E-state index in [0.717, 1.165) is 67.0 Å². The van der Waals surface area contributed by atoms with Crippen molar-refractivity contribution in [3.05, 3.63) is 127 Å². The monoisotopic (exact) mass is 500 g/mol. The molecule has 7 rings (SSSR count). The normalized spacial score (nSPS) is 11.1. The molecule has 0 atom stereocenters. The molecule has 0 saturated heterocycles. The molecule has 5 nitrogen and oxygen atoms in total. The fraction of sp³-hybridized carbons (Fsp3) is 0. The first-order valence-electron chi connectivity index (χ1n) is 12.6. The summed E-state index contributed by atoms with van der Waals surface area (Å²) in [7, 11) is 0. The molecule has 7 aromatic rings. The number of nitrogens with zero attached hydrogens (tertiary/aromatic N) is 4. The molecule has 0 unspecified atom stereocenters. The zero-order chi connectivity index (χ0) is 26.2. The van der Waals surface area contributed by atoms with Crippen LogP contribution in [0, 0.1) is 11.3 Å². The van der Waals surface area contributed by atoms with Crippen LogP contribution in [-0.4, -0.2) is 15.0 Å². The van der Waals surface area contributed by atoms with Crippen molar-refractivity contribution in [2.75, 3.05) is 0 Å².